The van der Waals surface area contributed by atoms with Crippen molar-refractivity contribution in [1.82, 2.24) is 15.5 Å². The van der Waals surface area contributed by atoms with Crippen LogP contribution in [0.25, 0.3) is 0 Å². The van der Waals surface area contributed by atoms with Crippen LogP contribution in [0, 0.1) is 0 Å². The standard InChI is InChI=1S/C16H31N3O3.C2H4O2/c1-12-6-7-14(19(12)5)8-9-17-10-13(11-20)18-15(21)22-16(2,3)4;1-4-2-3/h11-14,17H,6-10H2,1-5H3,(H,18,21);2H,1H3. The third kappa shape index (κ3) is 11.0. The van der Waals surface area contributed by atoms with Gasteiger partial charge in [0.15, 0.2) is 0 Å². The van der Waals surface area contributed by atoms with E-state index in [2.05, 4.69) is 34.2 Å². The highest BCUT2D eigenvalue weighted by atomic mass is 16.6. The molecule has 1 heterocycles. The van der Waals surface area contributed by atoms with Crippen LogP contribution in [0.1, 0.15) is 47.0 Å². The number of hydrogen-bond donors (Lipinski definition) is 2. The van der Waals surface area contributed by atoms with Gasteiger partial charge < -0.3 is 29.8 Å². The number of alkyl carbamates (subject to hydrolysis) is 1. The van der Waals surface area contributed by atoms with E-state index in [9.17, 15) is 9.59 Å². The van der Waals surface area contributed by atoms with Crippen molar-refractivity contribution >= 4 is 18.9 Å². The minimum Gasteiger partial charge on any atom is -0.471 e. The molecule has 1 amide bonds. The Balaban J connectivity index is 0.00000141. The fourth-order valence-corrected chi connectivity index (χ4v) is 2.67. The maximum absolute atomic E-state index is 11.6. The first-order chi connectivity index (χ1) is 12.1. The number of nitrogens with zero attached hydrogens (tertiary/aromatic N) is 1. The average molecular weight is 373 g/mol. The Morgan fingerprint density at radius 2 is 1.92 bits per heavy atom. The van der Waals surface area contributed by atoms with Crippen LogP contribution >= 0.6 is 0 Å². The molecule has 0 radical (unpaired) electrons. The van der Waals surface area contributed by atoms with E-state index >= 15 is 0 Å². The number of ether oxygens (including phenoxy) is 2. The van der Waals surface area contributed by atoms with E-state index in [0.29, 0.717) is 25.1 Å². The van der Waals surface area contributed by atoms with Crippen molar-refractivity contribution in [2.24, 2.45) is 0 Å². The van der Waals surface area contributed by atoms with Gasteiger partial charge >= 0.3 is 6.09 Å². The number of amides is 1. The predicted molar refractivity (Wildman–Crippen MR) is 100 cm³/mol. The number of methoxy groups -OCH3 is 1. The summed E-state index contributed by atoms with van der Waals surface area (Å²) in [6.07, 6.45) is 3.71. The highest BCUT2D eigenvalue weighted by Crippen LogP contribution is 2.23. The third-order valence-corrected chi connectivity index (χ3v) is 4.17. The number of carbonyl (C=O) groups is 3. The summed E-state index contributed by atoms with van der Waals surface area (Å²) in [7, 11) is 3.48. The topological polar surface area (TPSA) is 97.0 Å². The second kappa shape index (κ2) is 12.6. The van der Waals surface area contributed by atoms with Crippen molar-refractivity contribution in [1.29, 1.82) is 0 Å². The van der Waals surface area contributed by atoms with Gasteiger partial charge in [-0.05, 0) is 60.5 Å². The second-order valence-corrected chi connectivity index (χ2v) is 7.46. The van der Waals surface area contributed by atoms with Gasteiger partial charge in [0.25, 0.3) is 6.47 Å². The van der Waals surface area contributed by atoms with Crippen LogP contribution in [0.3, 0.4) is 0 Å². The highest BCUT2D eigenvalue weighted by molar-refractivity contribution is 5.73. The molecule has 0 aromatic rings. The molecule has 1 aliphatic heterocycles. The lowest BCUT2D eigenvalue weighted by atomic mass is 10.1. The van der Waals surface area contributed by atoms with Crippen molar-refractivity contribution in [2.75, 3.05) is 27.2 Å². The van der Waals surface area contributed by atoms with E-state index in [1.165, 1.54) is 20.0 Å². The molecule has 26 heavy (non-hydrogen) atoms. The number of hydrogen-bond acceptors (Lipinski definition) is 7. The molecular formula is C18H35N3O5. The monoisotopic (exact) mass is 373 g/mol. The molecule has 1 fully saturated rings. The molecule has 0 aliphatic carbocycles. The molecule has 1 saturated heterocycles. The third-order valence-electron chi connectivity index (χ3n) is 4.17. The van der Waals surface area contributed by atoms with Gasteiger partial charge in [0.1, 0.15) is 17.9 Å². The lowest BCUT2D eigenvalue weighted by molar-refractivity contribution is -0.126. The van der Waals surface area contributed by atoms with E-state index in [1.54, 1.807) is 20.8 Å². The SMILES string of the molecule is CC1CCC(CCNCC(C=O)NC(=O)OC(C)(C)C)N1C.COC=O. The van der Waals surface area contributed by atoms with Gasteiger partial charge in [-0.2, -0.15) is 0 Å². The van der Waals surface area contributed by atoms with Crippen LogP contribution in [-0.2, 0) is 19.1 Å². The van der Waals surface area contributed by atoms with Gasteiger partial charge in [-0.25, -0.2) is 4.79 Å². The maximum Gasteiger partial charge on any atom is 0.408 e. The van der Waals surface area contributed by atoms with Crippen molar-refractivity contribution < 1.29 is 23.9 Å². The summed E-state index contributed by atoms with van der Waals surface area (Å²) < 4.78 is 9.00. The minimum atomic E-state index is -0.561. The summed E-state index contributed by atoms with van der Waals surface area (Å²) in [5.74, 6) is 0. The number of nitrogens with one attached hydrogen (secondary N) is 2. The van der Waals surface area contributed by atoms with Crippen LogP contribution in [-0.4, -0.2) is 74.7 Å². The molecule has 3 atom stereocenters. The van der Waals surface area contributed by atoms with Gasteiger partial charge in [0.2, 0.25) is 0 Å². The largest absolute Gasteiger partial charge is 0.471 e. The molecule has 1 aliphatic rings. The normalized spacial score (nSPS) is 21.2. The molecule has 0 spiro atoms. The van der Waals surface area contributed by atoms with Crippen molar-refractivity contribution in [3.8, 4) is 0 Å². The average Bonchev–Trinajstić information content (AvgIpc) is 2.88. The van der Waals surface area contributed by atoms with Gasteiger partial charge in [-0.15, -0.1) is 0 Å². The van der Waals surface area contributed by atoms with E-state index < -0.39 is 17.7 Å². The Morgan fingerprint density at radius 1 is 1.31 bits per heavy atom. The van der Waals surface area contributed by atoms with Crippen LogP contribution in [0.5, 0.6) is 0 Å². The Bertz CT molecular complexity index is 426. The summed E-state index contributed by atoms with van der Waals surface area (Å²) in [5, 5.41) is 5.80. The summed E-state index contributed by atoms with van der Waals surface area (Å²) in [4.78, 5) is 34.0. The Morgan fingerprint density at radius 3 is 2.35 bits per heavy atom. The molecule has 0 aromatic heterocycles. The first-order valence-electron chi connectivity index (χ1n) is 8.98. The Hall–Kier alpha value is -1.67. The van der Waals surface area contributed by atoms with E-state index in [-0.39, 0.29) is 0 Å². The fraction of sp³-hybridized carbons (Fsp3) is 0.833. The molecule has 8 heteroatoms. The summed E-state index contributed by atoms with van der Waals surface area (Å²) in [6.45, 7) is 9.26. The van der Waals surface area contributed by atoms with Gasteiger partial charge in [0.05, 0.1) is 7.11 Å². The molecule has 0 saturated carbocycles. The van der Waals surface area contributed by atoms with Crippen molar-refractivity contribution in [2.45, 2.75) is 70.7 Å². The zero-order valence-corrected chi connectivity index (χ0v) is 16.9. The maximum atomic E-state index is 11.6. The number of rotatable bonds is 8. The number of carbonyl (C=O) groups excluding carboxylic acids is 3. The van der Waals surface area contributed by atoms with Crippen molar-refractivity contribution in [3.63, 3.8) is 0 Å². The Kier molecular flexibility index (Phi) is 11.8. The fourth-order valence-electron chi connectivity index (χ4n) is 2.67. The summed E-state index contributed by atoms with van der Waals surface area (Å²) >= 11 is 0. The Labute approximate surface area is 157 Å². The quantitative estimate of drug-likeness (QED) is 0.489. The zero-order valence-electron chi connectivity index (χ0n) is 16.9. The first kappa shape index (κ1) is 24.3. The van der Waals surface area contributed by atoms with Gasteiger partial charge in [-0.3, -0.25) is 4.79 Å². The highest BCUT2D eigenvalue weighted by Gasteiger charge is 2.26. The molecule has 0 aromatic carbocycles. The van der Waals surface area contributed by atoms with Crippen LogP contribution in [0.4, 0.5) is 4.79 Å². The second-order valence-electron chi connectivity index (χ2n) is 7.46. The molecule has 0 bridgehead atoms. The lowest BCUT2D eigenvalue weighted by Gasteiger charge is -2.24. The van der Waals surface area contributed by atoms with Gasteiger partial charge in [-0.1, -0.05) is 0 Å². The van der Waals surface area contributed by atoms with E-state index in [1.807, 2.05) is 0 Å². The predicted octanol–water partition coefficient (Wildman–Crippen LogP) is 1.33. The smallest absolute Gasteiger partial charge is 0.408 e. The molecule has 152 valence electrons. The van der Waals surface area contributed by atoms with E-state index in [4.69, 9.17) is 9.53 Å². The molecular weight excluding hydrogens is 338 g/mol. The first-order valence-corrected chi connectivity index (χ1v) is 8.98. The number of likely N-dealkylation sites (tertiary alicyclic amines) is 1. The summed E-state index contributed by atoms with van der Waals surface area (Å²) in [5.41, 5.74) is -0.561. The van der Waals surface area contributed by atoms with Crippen molar-refractivity contribution in [3.05, 3.63) is 0 Å². The molecule has 8 nitrogen and oxygen atoms in total. The van der Waals surface area contributed by atoms with Crippen LogP contribution < -0.4 is 10.6 Å². The molecule has 2 N–H and O–H groups in total. The molecule has 3 unspecified atom stereocenters. The minimum absolute atomic E-state index is 0.375. The molecule has 1 rings (SSSR count). The van der Waals surface area contributed by atoms with Crippen LogP contribution in [0.15, 0.2) is 0 Å². The van der Waals surface area contributed by atoms with Crippen LogP contribution in [0.2, 0.25) is 0 Å². The lowest BCUT2D eigenvalue weighted by Crippen LogP contribution is -2.45. The van der Waals surface area contributed by atoms with Gasteiger partial charge in [0, 0.05) is 18.6 Å². The number of aldehydes is 1. The zero-order chi connectivity index (χ0) is 20.2. The van der Waals surface area contributed by atoms with E-state index in [0.717, 1.165) is 19.3 Å². The summed E-state index contributed by atoms with van der Waals surface area (Å²) in [6, 6.07) is 0.702.